The van der Waals surface area contributed by atoms with Crippen LogP contribution >= 0.6 is 0 Å². The SMILES string of the molecule is CN1CCCC1c1ccc(C=Nc2cccc3c2COC3=O)cc1. The summed E-state index contributed by atoms with van der Waals surface area (Å²) in [5, 5.41) is 0. The maximum Gasteiger partial charge on any atom is 0.338 e. The number of likely N-dealkylation sites (tertiary alicyclic amines) is 1. The molecule has 0 aliphatic carbocycles. The van der Waals surface area contributed by atoms with Gasteiger partial charge < -0.3 is 4.74 Å². The summed E-state index contributed by atoms with van der Waals surface area (Å²) in [6, 6.07) is 14.7. The third kappa shape index (κ3) is 2.74. The lowest BCUT2D eigenvalue weighted by Gasteiger charge is -2.19. The largest absolute Gasteiger partial charge is 0.457 e. The molecule has 0 radical (unpaired) electrons. The van der Waals surface area contributed by atoms with Crippen molar-refractivity contribution in [1.29, 1.82) is 0 Å². The van der Waals surface area contributed by atoms with Gasteiger partial charge in [-0.3, -0.25) is 9.89 Å². The number of hydrogen-bond donors (Lipinski definition) is 0. The first-order valence-corrected chi connectivity index (χ1v) is 8.35. The van der Waals surface area contributed by atoms with Gasteiger partial charge in [-0.1, -0.05) is 30.3 Å². The zero-order valence-electron chi connectivity index (χ0n) is 13.7. The number of aliphatic imine (C=N–C) groups is 1. The predicted molar refractivity (Wildman–Crippen MR) is 93.9 cm³/mol. The van der Waals surface area contributed by atoms with E-state index in [4.69, 9.17) is 4.74 Å². The van der Waals surface area contributed by atoms with Crippen molar-refractivity contribution >= 4 is 17.9 Å². The van der Waals surface area contributed by atoms with Gasteiger partial charge in [0.25, 0.3) is 0 Å². The van der Waals surface area contributed by atoms with E-state index in [9.17, 15) is 4.79 Å². The van der Waals surface area contributed by atoms with Crippen LogP contribution in [0.3, 0.4) is 0 Å². The van der Waals surface area contributed by atoms with Crippen molar-refractivity contribution < 1.29 is 9.53 Å². The molecule has 0 aromatic heterocycles. The molecular formula is C20H20N2O2. The number of ether oxygens (including phenoxy) is 1. The number of rotatable bonds is 3. The Bertz CT molecular complexity index is 796. The van der Waals surface area contributed by atoms with Gasteiger partial charge in [-0.15, -0.1) is 0 Å². The van der Waals surface area contributed by atoms with Crippen molar-refractivity contribution in [1.82, 2.24) is 4.90 Å². The van der Waals surface area contributed by atoms with E-state index in [0.29, 0.717) is 18.2 Å². The van der Waals surface area contributed by atoms with Crippen LogP contribution < -0.4 is 0 Å². The summed E-state index contributed by atoms with van der Waals surface area (Å²) in [6.07, 6.45) is 4.35. The Morgan fingerprint density at radius 3 is 2.79 bits per heavy atom. The van der Waals surface area contributed by atoms with E-state index in [1.165, 1.54) is 24.9 Å². The summed E-state index contributed by atoms with van der Waals surface area (Å²) in [7, 11) is 2.19. The zero-order valence-corrected chi connectivity index (χ0v) is 13.7. The average Bonchev–Trinajstić information content (AvgIpc) is 3.20. The van der Waals surface area contributed by atoms with E-state index in [1.54, 1.807) is 6.07 Å². The third-order valence-corrected chi connectivity index (χ3v) is 4.91. The molecule has 122 valence electrons. The fourth-order valence-corrected chi connectivity index (χ4v) is 3.53. The minimum Gasteiger partial charge on any atom is -0.457 e. The number of fused-ring (bicyclic) bond motifs is 1. The maximum absolute atomic E-state index is 11.6. The molecule has 2 heterocycles. The zero-order chi connectivity index (χ0) is 16.5. The van der Waals surface area contributed by atoms with Crippen LogP contribution in [0.4, 0.5) is 5.69 Å². The minimum atomic E-state index is -0.257. The normalized spacial score (nSPS) is 20.5. The molecule has 0 amide bonds. The van der Waals surface area contributed by atoms with Crippen LogP contribution in [-0.2, 0) is 11.3 Å². The molecule has 4 nitrogen and oxygen atoms in total. The topological polar surface area (TPSA) is 41.9 Å². The van der Waals surface area contributed by atoms with Crippen LogP contribution in [0.5, 0.6) is 0 Å². The minimum absolute atomic E-state index is 0.257. The highest BCUT2D eigenvalue weighted by atomic mass is 16.5. The van der Waals surface area contributed by atoms with Gasteiger partial charge in [-0.25, -0.2) is 4.79 Å². The molecule has 1 saturated heterocycles. The number of carbonyl (C=O) groups is 1. The van der Waals surface area contributed by atoms with Crippen molar-refractivity contribution in [3.8, 4) is 0 Å². The number of benzene rings is 2. The van der Waals surface area contributed by atoms with Crippen LogP contribution in [0, 0.1) is 0 Å². The number of cyclic esters (lactones) is 1. The highest BCUT2D eigenvalue weighted by Gasteiger charge is 2.23. The number of nitrogens with zero attached hydrogens (tertiary/aromatic N) is 2. The molecule has 1 fully saturated rings. The van der Waals surface area contributed by atoms with E-state index >= 15 is 0 Å². The summed E-state index contributed by atoms with van der Waals surface area (Å²) in [6.45, 7) is 1.49. The molecule has 1 atom stereocenters. The lowest BCUT2D eigenvalue weighted by Crippen LogP contribution is -2.17. The molecule has 1 unspecified atom stereocenters. The van der Waals surface area contributed by atoms with Crippen LogP contribution in [0.25, 0.3) is 0 Å². The molecule has 0 bridgehead atoms. The fourth-order valence-electron chi connectivity index (χ4n) is 3.53. The molecule has 2 aromatic carbocycles. The Balaban J connectivity index is 1.54. The third-order valence-electron chi connectivity index (χ3n) is 4.91. The fraction of sp³-hybridized carbons (Fsp3) is 0.300. The van der Waals surface area contributed by atoms with Crippen LogP contribution in [0.15, 0.2) is 47.5 Å². The second-order valence-corrected chi connectivity index (χ2v) is 6.44. The Hall–Kier alpha value is -2.46. The molecular weight excluding hydrogens is 300 g/mol. The van der Waals surface area contributed by atoms with Gasteiger partial charge in [0, 0.05) is 17.8 Å². The van der Waals surface area contributed by atoms with E-state index < -0.39 is 0 Å². The number of esters is 1. The first-order chi connectivity index (χ1) is 11.7. The predicted octanol–water partition coefficient (Wildman–Crippen LogP) is 3.87. The summed E-state index contributed by atoms with van der Waals surface area (Å²) < 4.78 is 5.08. The lowest BCUT2D eigenvalue weighted by molar-refractivity contribution is 0.0535. The molecule has 4 rings (SSSR count). The molecule has 0 saturated carbocycles. The lowest BCUT2D eigenvalue weighted by atomic mass is 10.0. The van der Waals surface area contributed by atoms with Crippen molar-refractivity contribution in [2.24, 2.45) is 4.99 Å². The van der Waals surface area contributed by atoms with Gasteiger partial charge in [0.15, 0.2) is 0 Å². The summed E-state index contributed by atoms with van der Waals surface area (Å²) in [4.78, 5) is 18.6. The Labute approximate surface area is 141 Å². The first-order valence-electron chi connectivity index (χ1n) is 8.35. The first kappa shape index (κ1) is 15.1. The highest BCUT2D eigenvalue weighted by molar-refractivity contribution is 5.95. The summed E-state index contributed by atoms with van der Waals surface area (Å²) >= 11 is 0. The van der Waals surface area contributed by atoms with Crippen LogP contribution in [-0.4, -0.2) is 30.7 Å². The molecule has 2 aliphatic heterocycles. The summed E-state index contributed by atoms with van der Waals surface area (Å²) in [5.74, 6) is -0.257. The van der Waals surface area contributed by atoms with Gasteiger partial charge in [-0.05, 0) is 49.7 Å². The van der Waals surface area contributed by atoms with E-state index in [0.717, 1.165) is 16.8 Å². The van der Waals surface area contributed by atoms with E-state index in [-0.39, 0.29) is 5.97 Å². The molecule has 2 aliphatic rings. The highest BCUT2D eigenvalue weighted by Crippen LogP contribution is 2.31. The standard InChI is InChI=1S/C20H20N2O2/c1-22-11-3-6-19(22)15-9-7-14(8-10-15)12-21-18-5-2-4-16-17(18)13-24-20(16)23/h2,4-5,7-10,12,19H,3,6,11,13H2,1H3. The van der Waals surface area contributed by atoms with Crippen molar-refractivity contribution in [3.63, 3.8) is 0 Å². The van der Waals surface area contributed by atoms with Crippen molar-refractivity contribution in [3.05, 3.63) is 64.7 Å². The molecule has 2 aromatic rings. The Morgan fingerprint density at radius 2 is 2.04 bits per heavy atom. The molecule has 0 spiro atoms. The molecule has 0 N–H and O–H groups in total. The monoisotopic (exact) mass is 320 g/mol. The van der Waals surface area contributed by atoms with Gasteiger partial charge in [0.2, 0.25) is 0 Å². The number of hydrogen-bond acceptors (Lipinski definition) is 4. The van der Waals surface area contributed by atoms with Crippen LogP contribution in [0.2, 0.25) is 0 Å². The van der Waals surface area contributed by atoms with E-state index in [1.807, 2.05) is 18.3 Å². The average molecular weight is 320 g/mol. The maximum atomic E-state index is 11.6. The second-order valence-electron chi connectivity index (χ2n) is 6.44. The number of carbonyl (C=O) groups excluding carboxylic acids is 1. The quantitative estimate of drug-likeness (QED) is 0.637. The smallest absolute Gasteiger partial charge is 0.338 e. The second kappa shape index (κ2) is 6.21. The van der Waals surface area contributed by atoms with Gasteiger partial charge in [-0.2, -0.15) is 0 Å². The summed E-state index contributed by atoms with van der Waals surface area (Å²) in [5.41, 5.74) is 4.74. The van der Waals surface area contributed by atoms with Crippen LogP contribution in [0.1, 0.15) is 45.9 Å². The van der Waals surface area contributed by atoms with Gasteiger partial charge in [0.1, 0.15) is 6.61 Å². The Kier molecular flexibility index (Phi) is 3.90. The van der Waals surface area contributed by atoms with Crippen molar-refractivity contribution in [2.45, 2.75) is 25.5 Å². The molecule has 4 heteroatoms. The Morgan fingerprint density at radius 1 is 1.21 bits per heavy atom. The van der Waals surface area contributed by atoms with E-state index in [2.05, 4.69) is 41.2 Å². The molecule has 24 heavy (non-hydrogen) atoms. The van der Waals surface area contributed by atoms with Crippen molar-refractivity contribution in [2.75, 3.05) is 13.6 Å². The van der Waals surface area contributed by atoms with Gasteiger partial charge in [0.05, 0.1) is 11.3 Å². The van der Waals surface area contributed by atoms with Gasteiger partial charge >= 0.3 is 5.97 Å².